The summed E-state index contributed by atoms with van der Waals surface area (Å²) in [5, 5.41) is 2.89. The van der Waals surface area contributed by atoms with Crippen molar-refractivity contribution in [1.82, 2.24) is 10.2 Å². The molecule has 0 radical (unpaired) electrons. The highest BCUT2D eigenvalue weighted by Gasteiger charge is 2.38. The lowest BCUT2D eigenvalue weighted by Crippen LogP contribution is -2.56. The molecule has 1 aromatic carbocycles. The fourth-order valence-electron chi connectivity index (χ4n) is 2.72. The third-order valence-corrected chi connectivity index (χ3v) is 4.44. The number of alkyl halides is 3. The third-order valence-electron chi connectivity index (χ3n) is 3.82. The number of benzene rings is 1. The van der Waals surface area contributed by atoms with Crippen LogP contribution >= 0.6 is 34.8 Å². The molecular weight excluding hydrogens is 343 g/mol. The molecule has 0 saturated carbocycles. The number of likely N-dealkylation sites (tertiary alicyclic amines) is 1. The first kappa shape index (κ1) is 17.9. The Bertz CT molecular complexity index is 468. The summed E-state index contributed by atoms with van der Waals surface area (Å²) >= 11 is 18.3. The summed E-state index contributed by atoms with van der Waals surface area (Å²) in [7, 11) is 0. The lowest BCUT2D eigenvalue weighted by molar-refractivity contribution is -0.122. The molecule has 0 unspecified atom stereocenters. The molecule has 122 valence electrons. The van der Waals surface area contributed by atoms with Gasteiger partial charge in [-0.3, -0.25) is 9.69 Å². The number of hydrogen-bond donors (Lipinski definition) is 1. The molecule has 1 aliphatic rings. The molecule has 1 amide bonds. The molecule has 1 aromatic rings. The van der Waals surface area contributed by atoms with E-state index in [1.165, 1.54) is 12.8 Å². The summed E-state index contributed by atoms with van der Waals surface area (Å²) in [6.45, 7) is 1.67. The van der Waals surface area contributed by atoms with Crippen molar-refractivity contribution in [2.45, 2.75) is 42.1 Å². The Hall–Kier alpha value is -0.480. The summed E-state index contributed by atoms with van der Waals surface area (Å²) in [6, 6.07) is 9.56. The molecule has 2 rings (SSSR count). The molecule has 22 heavy (non-hydrogen) atoms. The lowest BCUT2D eigenvalue weighted by Gasteiger charge is -2.35. The number of nitrogens with one attached hydrogen (secondary N) is 1. The largest absolute Gasteiger partial charge is 0.336 e. The van der Waals surface area contributed by atoms with Gasteiger partial charge in [0, 0.05) is 13.1 Å². The number of carbonyl (C=O) groups is 1. The smallest absolute Gasteiger partial charge is 0.225 e. The van der Waals surface area contributed by atoms with Crippen LogP contribution < -0.4 is 5.32 Å². The van der Waals surface area contributed by atoms with Gasteiger partial charge < -0.3 is 5.32 Å². The maximum atomic E-state index is 12.3. The van der Waals surface area contributed by atoms with Gasteiger partial charge in [0.05, 0.1) is 6.42 Å². The highest BCUT2D eigenvalue weighted by Crippen LogP contribution is 2.33. The number of rotatable bonds is 4. The molecule has 0 spiro atoms. The molecule has 0 aromatic heterocycles. The van der Waals surface area contributed by atoms with Gasteiger partial charge in [-0.2, -0.15) is 0 Å². The molecule has 1 saturated heterocycles. The molecule has 0 bridgehead atoms. The van der Waals surface area contributed by atoms with Crippen molar-refractivity contribution >= 4 is 40.7 Å². The van der Waals surface area contributed by atoms with E-state index in [1.54, 1.807) is 0 Å². The molecule has 1 atom stereocenters. The zero-order valence-electron chi connectivity index (χ0n) is 12.4. The number of halogens is 3. The first-order valence-corrected chi connectivity index (χ1v) is 8.74. The second-order valence-electron chi connectivity index (χ2n) is 5.62. The van der Waals surface area contributed by atoms with Crippen LogP contribution in [0.1, 0.15) is 31.2 Å². The molecule has 1 N–H and O–H groups in total. The van der Waals surface area contributed by atoms with E-state index < -0.39 is 9.96 Å². The number of carbonyl (C=O) groups excluding carboxylic acids is 1. The normalized spacial score (nSPS) is 18.5. The van der Waals surface area contributed by atoms with Gasteiger partial charge in [0.15, 0.2) is 0 Å². The van der Waals surface area contributed by atoms with Crippen molar-refractivity contribution in [3.05, 3.63) is 35.9 Å². The lowest BCUT2D eigenvalue weighted by atomic mass is 10.1. The maximum Gasteiger partial charge on any atom is 0.225 e. The Morgan fingerprint density at radius 2 is 1.68 bits per heavy atom. The molecular formula is C16H21Cl3N2O. The van der Waals surface area contributed by atoms with Crippen LogP contribution in [0.2, 0.25) is 0 Å². The van der Waals surface area contributed by atoms with E-state index in [-0.39, 0.29) is 12.3 Å². The van der Waals surface area contributed by atoms with Crippen LogP contribution in [-0.4, -0.2) is 33.9 Å². The van der Waals surface area contributed by atoms with E-state index in [2.05, 4.69) is 10.2 Å². The molecule has 1 aliphatic heterocycles. The number of amides is 1. The van der Waals surface area contributed by atoms with E-state index >= 15 is 0 Å². The minimum atomic E-state index is -1.54. The van der Waals surface area contributed by atoms with Crippen LogP contribution in [0.15, 0.2) is 30.3 Å². The Labute approximate surface area is 146 Å². The van der Waals surface area contributed by atoms with Crippen LogP contribution in [0.3, 0.4) is 0 Å². The van der Waals surface area contributed by atoms with E-state index in [0.717, 1.165) is 31.5 Å². The van der Waals surface area contributed by atoms with Gasteiger partial charge in [-0.1, -0.05) is 78.0 Å². The maximum absolute atomic E-state index is 12.3. The van der Waals surface area contributed by atoms with Crippen molar-refractivity contribution in [2.75, 3.05) is 13.1 Å². The van der Waals surface area contributed by atoms with E-state index in [9.17, 15) is 4.79 Å². The molecule has 3 nitrogen and oxygen atoms in total. The summed E-state index contributed by atoms with van der Waals surface area (Å²) < 4.78 is -1.54. The molecule has 0 aliphatic carbocycles. The van der Waals surface area contributed by atoms with Crippen LogP contribution in [0, 0.1) is 0 Å². The van der Waals surface area contributed by atoms with Crippen LogP contribution in [0.5, 0.6) is 0 Å². The highest BCUT2D eigenvalue weighted by molar-refractivity contribution is 6.68. The van der Waals surface area contributed by atoms with Gasteiger partial charge in [-0.15, -0.1) is 0 Å². The van der Waals surface area contributed by atoms with Gasteiger partial charge in [-0.25, -0.2) is 0 Å². The molecule has 6 heteroatoms. The quantitative estimate of drug-likeness (QED) is 0.822. The van der Waals surface area contributed by atoms with Crippen LogP contribution in [0.25, 0.3) is 0 Å². The summed E-state index contributed by atoms with van der Waals surface area (Å²) in [5.74, 6) is -0.133. The Morgan fingerprint density at radius 1 is 1.09 bits per heavy atom. The summed E-state index contributed by atoms with van der Waals surface area (Å²) in [5.41, 5.74) is 0.943. The summed E-state index contributed by atoms with van der Waals surface area (Å²) in [6.07, 6.45) is 4.18. The second-order valence-corrected chi connectivity index (χ2v) is 7.99. The van der Waals surface area contributed by atoms with Gasteiger partial charge in [0.25, 0.3) is 0 Å². The third kappa shape index (κ3) is 5.62. The average molecular weight is 364 g/mol. The van der Waals surface area contributed by atoms with Gasteiger partial charge in [-0.05, 0) is 18.4 Å². The SMILES string of the molecule is O=C(Cc1ccccc1)N[C@H](N1CCCCCC1)C(Cl)(Cl)Cl. The zero-order chi connectivity index (χ0) is 16.0. The summed E-state index contributed by atoms with van der Waals surface area (Å²) in [4.78, 5) is 14.4. The fourth-order valence-corrected chi connectivity index (χ4v) is 3.30. The first-order chi connectivity index (χ1) is 10.5. The molecule has 1 fully saturated rings. The minimum absolute atomic E-state index is 0.133. The van der Waals surface area contributed by atoms with E-state index in [4.69, 9.17) is 34.8 Å². The first-order valence-electron chi connectivity index (χ1n) is 7.61. The van der Waals surface area contributed by atoms with Crippen molar-refractivity contribution in [3.8, 4) is 0 Å². The standard InChI is InChI=1S/C16H21Cl3N2O/c17-16(18,19)15(21-10-6-1-2-7-11-21)20-14(22)12-13-8-4-3-5-9-13/h3-5,8-9,15H,1-2,6-7,10-12H2,(H,20,22)/t15-/m1/s1. The van der Waals surface area contributed by atoms with Crippen LogP contribution in [-0.2, 0) is 11.2 Å². The Morgan fingerprint density at radius 3 is 2.23 bits per heavy atom. The Balaban J connectivity index is 2.01. The second kappa shape index (κ2) is 8.39. The average Bonchev–Trinajstić information content (AvgIpc) is 2.73. The predicted octanol–water partition coefficient (Wildman–Crippen LogP) is 3.92. The van der Waals surface area contributed by atoms with E-state index in [0.29, 0.717) is 0 Å². The monoisotopic (exact) mass is 362 g/mol. The van der Waals surface area contributed by atoms with E-state index in [1.807, 2.05) is 30.3 Å². The van der Waals surface area contributed by atoms with Crippen LogP contribution in [0.4, 0.5) is 0 Å². The fraction of sp³-hybridized carbons (Fsp3) is 0.562. The zero-order valence-corrected chi connectivity index (χ0v) is 14.7. The highest BCUT2D eigenvalue weighted by atomic mass is 35.6. The molecule has 1 heterocycles. The minimum Gasteiger partial charge on any atom is -0.336 e. The van der Waals surface area contributed by atoms with Crippen molar-refractivity contribution in [3.63, 3.8) is 0 Å². The van der Waals surface area contributed by atoms with Crippen molar-refractivity contribution < 1.29 is 4.79 Å². The van der Waals surface area contributed by atoms with Gasteiger partial charge >= 0.3 is 0 Å². The Kier molecular flexibility index (Phi) is 6.82. The topological polar surface area (TPSA) is 32.3 Å². The number of hydrogen-bond acceptors (Lipinski definition) is 2. The van der Waals surface area contributed by atoms with Crippen molar-refractivity contribution in [2.24, 2.45) is 0 Å². The predicted molar refractivity (Wildman–Crippen MR) is 92.4 cm³/mol. The van der Waals surface area contributed by atoms with Gasteiger partial charge in [0.2, 0.25) is 9.70 Å². The number of nitrogens with zero attached hydrogens (tertiary/aromatic N) is 1. The van der Waals surface area contributed by atoms with Gasteiger partial charge in [0.1, 0.15) is 6.17 Å². The van der Waals surface area contributed by atoms with Crippen molar-refractivity contribution in [1.29, 1.82) is 0 Å².